The number of ether oxygens (including phenoxy) is 3. The first-order valence-corrected chi connectivity index (χ1v) is 8.59. The molecule has 2 amide bonds. The van der Waals surface area contributed by atoms with Crippen molar-refractivity contribution in [2.24, 2.45) is 0 Å². The summed E-state index contributed by atoms with van der Waals surface area (Å²) in [4.78, 5) is 12.2. The van der Waals surface area contributed by atoms with Crippen LogP contribution in [0.2, 0.25) is 0 Å². The van der Waals surface area contributed by atoms with Crippen LogP contribution in [-0.4, -0.2) is 26.9 Å². The molecule has 0 saturated heterocycles. The quantitative estimate of drug-likeness (QED) is 0.666. The first kappa shape index (κ1) is 19.6. The van der Waals surface area contributed by atoms with Crippen LogP contribution in [0.15, 0.2) is 42.5 Å². The highest BCUT2D eigenvalue weighted by Crippen LogP contribution is 2.29. The molecule has 2 rings (SSSR count). The van der Waals surface area contributed by atoms with Crippen molar-refractivity contribution in [2.45, 2.75) is 26.5 Å². The SMILES string of the molecule is CCCOCc1ccccc1CNC(=O)Nc1ccc(OC)c(OC)c1. The van der Waals surface area contributed by atoms with Gasteiger partial charge in [0, 0.05) is 24.9 Å². The van der Waals surface area contributed by atoms with Gasteiger partial charge in [0.05, 0.1) is 20.8 Å². The van der Waals surface area contributed by atoms with E-state index >= 15 is 0 Å². The summed E-state index contributed by atoms with van der Waals surface area (Å²) in [6, 6.07) is 12.8. The number of carbonyl (C=O) groups is 1. The van der Waals surface area contributed by atoms with Gasteiger partial charge < -0.3 is 24.8 Å². The third-order valence-electron chi connectivity index (χ3n) is 3.81. The van der Waals surface area contributed by atoms with E-state index in [9.17, 15) is 4.79 Å². The molecular formula is C20H26N2O4. The van der Waals surface area contributed by atoms with Crippen LogP contribution in [0.4, 0.5) is 10.5 Å². The van der Waals surface area contributed by atoms with Crippen molar-refractivity contribution in [3.8, 4) is 11.5 Å². The number of amides is 2. The van der Waals surface area contributed by atoms with E-state index in [1.807, 2.05) is 24.3 Å². The van der Waals surface area contributed by atoms with Gasteiger partial charge in [-0.1, -0.05) is 31.2 Å². The maximum absolute atomic E-state index is 12.2. The summed E-state index contributed by atoms with van der Waals surface area (Å²) >= 11 is 0. The zero-order valence-electron chi connectivity index (χ0n) is 15.5. The fourth-order valence-corrected chi connectivity index (χ4v) is 2.46. The molecule has 0 aromatic heterocycles. The number of hydrogen-bond acceptors (Lipinski definition) is 4. The van der Waals surface area contributed by atoms with Gasteiger partial charge in [0.2, 0.25) is 0 Å². The average Bonchev–Trinajstić information content (AvgIpc) is 2.67. The molecule has 0 heterocycles. The van der Waals surface area contributed by atoms with Crippen LogP contribution < -0.4 is 20.1 Å². The van der Waals surface area contributed by atoms with Crippen LogP contribution in [0.3, 0.4) is 0 Å². The molecule has 0 aliphatic carbocycles. The van der Waals surface area contributed by atoms with E-state index < -0.39 is 0 Å². The molecule has 0 radical (unpaired) electrons. The smallest absolute Gasteiger partial charge is 0.319 e. The molecule has 2 N–H and O–H groups in total. The van der Waals surface area contributed by atoms with E-state index in [2.05, 4.69) is 17.6 Å². The normalized spacial score (nSPS) is 10.3. The minimum absolute atomic E-state index is 0.290. The molecule has 6 heteroatoms. The Labute approximate surface area is 154 Å². The lowest BCUT2D eigenvalue weighted by Crippen LogP contribution is -2.28. The summed E-state index contributed by atoms with van der Waals surface area (Å²) in [6.45, 7) is 3.77. The lowest BCUT2D eigenvalue weighted by Gasteiger charge is -2.13. The number of hydrogen-bond donors (Lipinski definition) is 2. The first-order chi connectivity index (χ1) is 12.7. The molecule has 0 atom stereocenters. The number of benzene rings is 2. The van der Waals surface area contributed by atoms with E-state index in [1.54, 1.807) is 32.4 Å². The van der Waals surface area contributed by atoms with E-state index in [1.165, 1.54) is 0 Å². The monoisotopic (exact) mass is 358 g/mol. The number of methoxy groups -OCH3 is 2. The average molecular weight is 358 g/mol. The van der Waals surface area contributed by atoms with Crippen LogP contribution in [0, 0.1) is 0 Å². The Morgan fingerprint density at radius 1 is 1.00 bits per heavy atom. The van der Waals surface area contributed by atoms with Crippen molar-refractivity contribution in [3.05, 3.63) is 53.6 Å². The van der Waals surface area contributed by atoms with E-state index in [4.69, 9.17) is 14.2 Å². The number of rotatable bonds is 9. The Bertz CT molecular complexity index is 719. The summed E-state index contributed by atoms with van der Waals surface area (Å²) in [5, 5.41) is 5.66. The van der Waals surface area contributed by atoms with E-state index in [0.717, 1.165) is 24.2 Å². The molecule has 2 aromatic carbocycles. The molecule has 0 fully saturated rings. The molecule has 0 aliphatic rings. The molecule has 0 unspecified atom stereocenters. The van der Waals surface area contributed by atoms with Gasteiger partial charge in [-0.15, -0.1) is 0 Å². The van der Waals surface area contributed by atoms with Crippen molar-refractivity contribution < 1.29 is 19.0 Å². The Hall–Kier alpha value is -2.73. The number of nitrogens with one attached hydrogen (secondary N) is 2. The molecule has 0 bridgehead atoms. The third-order valence-corrected chi connectivity index (χ3v) is 3.81. The molecule has 0 spiro atoms. The van der Waals surface area contributed by atoms with Crippen molar-refractivity contribution >= 4 is 11.7 Å². The molecule has 2 aromatic rings. The van der Waals surface area contributed by atoms with Crippen molar-refractivity contribution in [2.75, 3.05) is 26.1 Å². The van der Waals surface area contributed by atoms with Crippen molar-refractivity contribution in [1.82, 2.24) is 5.32 Å². The zero-order chi connectivity index (χ0) is 18.8. The maximum Gasteiger partial charge on any atom is 0.319 e. The van der Waals surface area contributed by atoms with Crippen LogP contribution in [-0.2, 0) is 17.9 Å². The highest BCUT2D eigenvalue weighted by molar-refractivity contribution is 5.89. The topological polar surface area (TPSA) is 68.8 Å². The summed E-state index contributed by atoms with van der Waals surface area (Å²) < 4.78 is 16.0. The second-order valence-corrected chi connectivity index (χ2v) is 5.70. The zero-order valence-corrected chi connectivity index (χ0v) is 15.5. The predicted octanol–water partition coefficient (Wildman–Crippen LogP) is 3.95. The van der Waals surface area contributed by atoms with E-state index in [0.29, 0.717) is 30.3 Å². The second kappa shape index (κ2) is 10.3. The van der Waals surface area contributed by atoms with E-state index in [-0.39, 0.29) is 6.03 Å². The second-order valence-electron chi connectivity index (χ2n) is 5.70. The van der Waals surface area contributed by atoms with Crippen LogP contribution in [0.25, 0.3) is 0 Å². The van der Waals surface area contributed by atoms with Crippen LogP contribution in [0.5, 0.6) is 11.5 Å². The molecule has 140 valence electrons. The Morgan fingerprint density at radius 3 is 2.42 bits per heavy atom. The largest absolute Gasteiger partial charge is 0.493 e. The van der Waals surface area contributed by atoms with Gasteiger partial charge >= 0.3 is 6.03 Å². The van der Waals surface area contributed by atoms with Gasteiger partial charge in [-0.25, -0.2) is 4.79 Å². The van der Waals surface area contributed by atoms with Gasteiger partial charge in [-0.3, -0.25) is 0 Å². The molecule has 26 heavy (non-hydrogen) atoms. The molecular weight excluding hydrogens is 332 g/mol. The minimum atomic E-state index is -0.290. The van der Waals surface area contributed by atoms with Crippen molar-refractivity contribution in [3.63, 3.8) is 0 Å². The van der Waals surface area contributed by atoms with Gasteiger partial charge in [0.25, 0.3) is 0 Å². The van der Waals surface area contributed by atoms with Gasteiger partial charge in [-0.2, -0.15) is 0 Å². The summed E-state index contributed by atoms with van der Waals surface area (Å²) in [5.41, 5.74) is 2.73. The van der Waals surface area contributed by atoms with Gasteiger partial charge in [0.15, 0.2) is 11.5 Å². The summed E-state index contributed by atoms with van der Waals surface area (Å²) in [5.74, 6) is 1.17. The lowest BCUT2D eigenvalue weighted by atomic mass is 10.1. The molecule has 6 nitrogen and oxygen atoms in total. The Balaban J connectivity index is 1.93. The summed E-state index contributed by atoms with van der Waals surface area (Å²) in [7, 11) is 3.12. The molecule has 0 saturated carbocycles. The number of urea groups is 1. The fraction of sp³-hybridized carbons (Fsp3) is 0.350. The lowest BCUT2D eigenvalue weighted by molar-refractivity contribution is 0.121. The van der Waals surface area contributed by atoms with Crippen LogP contribution in [0.1, 0.15) is 24.5 Å². The van der Waals surface area contributed by atoms with Crippen LogP contribution >= 0.6 is 0 Å². The highest BCUT2D eigenvalue weighted by Gasteiger charge is 2.08. The highest BCUT2D eigenvalue weighted by atomic mass is 16.5. The number of anilines is 1. The van der Waals surface area contributed by atoms with Crippen molar-refractivity contribution in [1.29, 1.82) is 0 Å². The minimum Gasteiger partial charge on any atom is -0.493 e. The number of carbonyl (C=O) groups excluding carboxylic acids is 1. The molecule has 0 aliphatic heterocycles. The maximum atomic E-state index is 12.2. The summed E-state index contributed by atoms with van der Waals surface area (Å²) in [6.07, 6.45) is 0.980. The standard InChI is InChI=1S/C20H26N2O4/c1-4-11-26-14-16-8-6-5-7-15(16)13-21-20(23)22-17-9-10-18(24-2)19(12-17)25-3/h5-10,12H,4,11,13-14H2,1-3H3,(H2,21,22,23). The Kier molecular flexibility index (Phi) is 7.76. The first-order valence-electron chi connectivity index (χ1n) is 8.59. The van der Waals surface area contributed by atoms with Gasteiger partial charge in [-0.05, 0) is 29.7 Å². The Morgan fingerprint density at radius 2 is 1.73 bits per heavy atom. The predicted molar refractivity (Wildman–Crippen MR) is 102 cm³/mol. The van der Waals surface area contributed by atoms with Gasteiger partial charge in [0.1, 0.15) is 0 Å². The third kappa shape index (κ3) is 5.67. The fourth-order valence-electron chi connectivity index (χ4n) is 2.46.